The van der Waals surface area contributed by atoms with Gasteiger partial charge in [0.1, 0.15) is 0 Å². The zero-order valence-electron chi connectivity index (χ0n) is 22.8. The predicted molar refractivity (Wildman–Crippen MR) is 149 cm³/mol. The summed E-state index contributed by atoms with van der Waals surface area (Å²) in [6, 6.07) is 9.93. The van der Waals surface area contributed by atoms with Crippen molar-refractivity contribution in [2.45, 2.75) is 87.9 Å². The topological polar surface area (TPSA) is 34.6 Å². The molecule has 3 saturated heterocycles. The molecule has 4 nitrogen and oxygen atoms in total. The highest BCUT2D eigenvalue weighted by Crippen LogP contribution is 2.69. The van der Waals surface area contributed by atoms with Crippen molar-refractivity contribution in [3.05, 3.63) is 65.5 Å². The lowest BCUT2D eigenvalue weighted by molar-refractivity contribution is -0.142. The maximum absolute atomic E-state index is 7.60. The molecule has 3 aliphatic carbocycles. The van der Waals surface area contributed by atoms with E-state index < -0.39 is 0 Å². The Morgan fingerprint density at radius 2 is 1.97 bits per heavy atom. The van der Waals surface area contributed by atoms with E-state index in [1.165, 1.54) is 92.8 Å². The zero-order valence-corrected chi connectivity index (χ0v) is 22.8. The summed E-state index contributed by atoms with van der Waals surface area (Å²) in [6.45, 7) is 7.05. The second-order valence-corrected chi connectivity index (χ2v) is 14.3. The van der Waals surface area contributed by atoms with Crippen LogP contribution >= 0.6 is 0 Å². The fourth-order valence-electron chi connectivity index (χ4n) is 10.5. The molecule has 4 heteroatoms. The van der Waals surface area contributed by atoms with Crippen LogP contribution in [0.4, 0.5) is 0 Å². The minimum Gasteiger partial charge on any atom is -0.380 e. The Bertz CT molecular complexity index is 1390. The molecular formula is C34H40N2O2. The average molecular weight is 509 g/mol. The van der Waals surface area contributed by atoms with Gasteiger partial charge in [-0.05, 0) is 116 Å². The molecule has 2 aromatic rings. The second-order valence-electron chi connectivity index (χ2n) is 14.3. The van der Waals surface area contributed by atoms with Gasteiger partial charge < -0.3 is 9.47 Å². The van der Waals surface area contributed by atoms with Gasteiger partial charge in [0.2, 0.25) is 0 Å². The van der Waals surface area contributed by atoms with Crippen molar-refractivity contribution in [1.29, 1.82) is 0 Å². The van der Waals surface area contributed by atoms with Gasteiger partial charge in [-0.1, -0.05) is 31.2 Å². The highest BCUT2D eigenvalue weighted by atomic mass is 16.5. The molecule has 0 amide bonds. The highest BCUT2D eigenvalue weighted by molar-refractivity contribution is 5.82. The molecule has 4 aliphatic heterocycles. The molecule has 38 heavy (non-hydrogen) atoms. The van der Waals surface area contributed by atoms with Crippen LogP contribution in [0.1, 0.15) is 76.2 Å². The van der Waals surface area contributed by atoms with Crippen LogP contribution in [0.5, 0.6) is 0 Å². The third-order valence-corrected chi connectivity index (χ3v) is 12.5. The summed E-state index contributed by atoms with van der Waals surface area (Å²) in [6.07, 6.45) is 20.4. The zero-order chi connectivity index (χ0) is 25.2. The van der Waals surface area contributed by atoms with Gasteiger partial charge in [-0.15, -0.1) is 0 Å². The van der Waals surface area contributed by atoms with Gasteiger partial charge in [0.25, 0.3) is 0 Å². The van der Waals surface area contributed by atoms with Crippen LogP contribution in [-0.4, -0.2) is 53.4 Å². The van der Waals surface area contributed by atoms with E-state index in [4.69, 9.17) is 9.47 Å². The number of ether oxygens (including phenoxy) is 2. The molecule has 3 spiro atoms. The molecule has 7 aliphatic rings. The first kappa shape index (κ1) is 22.8. The van der Waals surface area contributed by atoms with Crippen molar-refractivity contribution >= 4 is 10.8 Å². The van der Waals surface area contributed by atoms with E-state index in [9.17, 15) is 0 Å². The van der Waals surface area contributed by atoms with Crippen molar-refractivity contribution in [1.82, 2.24) is 9.88 Å². The molecule has 1 unspecified atom stereocenters. The van der Waals surface area contributed by atoms with Crippen molar-refractivity contribution in [2.75, 3.05) is 26.3 Å². The summed E-state index contributed by atoms with van der Waals surface area (Å²) in [5.74, 6) is 1.18. The van der Waals surface area contributed by atoms with E-state index in [0.717, 1.165) is 13.2 Å². The fraction of sp³-hybridized carbons (Fsp3) is 0.618. The third kappa shape index (κ3) is 2.90. The molecule has 0 N–H and O–H groups in total. The monoisotopic (exact) mass is 508 g/mol. The molecular weight excluding hydrogens is 468 g/mol. The van der Waals surface area contributed by atoms with Gasteiger partial charge in [0, 0.05) is 35.8 Å². The largest absolute Gasteiger partial charge is 0.380 e. The number of hydrogen-bond acceptors (Lipinski definition) is 4. The first-order valence-corrected chi connectivity index (χ1v) is 15.3. The number of hydrogen-bond donors (Lipinski definition) is 0. The molecule has 198 valence electrons. The maximum atomic E-state index is 7.60. The van der Waals surface area contributed by atoms with Crippen LogP contribution in [0, 0.1) is 16.7 Å². The Morgan fingerprint density at radius 1 is 1.03 bits per heavy atom. The van der Waals surface area contributed by atoms with E-state index in [0.29, 0.717) is 23.3 Å². The summed E-state index contributed by atoms with van der Waals surface area (Å²) >= 11 is 0. The van der Waals surface area contributed by atoms with Crippen molar-refractivity contribution in [2.24, 2.45) is 16.7 Å². The summed E-state index contributed by atoms with van der Waals surface area (Å²) in [7, 11) is 0. The van der Waals surface area contributed by atoms with Crippen LogP contribution < -0.4 is 0 Å². The lowest BCUT2D eigenvalue weighted by Crippen LogP contribution is -2.55. The summed E-state index contributed by atoms with van der Waals surface area (Å²) < 4.78 is 13.2. The van der Waals surface area contributed by atoms with E-state index in [-0.39, 0.29) is 16.6 Å². The van der Waals surface area contributed by atoms with Gasteiger partial charge in [0.15, 0.2) is 0 Å². The molecule has 2 saturated carbocycles. The van der Waals surface area contributed by atoms with Crippen molar-refractivity contribution in [3.63, 3.8) is 0 Å². The normalized spacial score (nSPS) is 42.8. The van der Waals surface area contributed by atoms with Crippen LogP contribution in [-0.2, 0) is 9.47 Å². The fourth-order valence-corrected chi connectivity index (χ4v) is 10.5. The summed E-state index contributed by atoms with van der Waals surface area (Å²) in [4.78, 5) is 7.22. The van der Waals surface area contributed by atoms with Gasteiger partial charge >= 0.3 is 0 Å². The second kappa shape index (κ2) is 7.59. The minimum atomic E-state index is -0.0699. The van der Waals surface area contributed by atoms with E-state index in [1.54, 1.807) is 5.57 Å². The molecule has 6 atom stereocenters. The highest BCUT2D eigenvalue weighted by Gasteiger charge is 2.67. The number of pyridine rings is 1. The summed E-state index contributed by atoms with van der Waals surface area (Å²) in [5.41, 5.74) is 5.29. The smallest absolute Gasteiger partial charge is 0.0974 e. The first-order valence-electron chi connectivity index (χ1n) is 15.3. The van der Waals surface area contributed by atoms with E-state index in [1.807, 2.05) is 12.4 Å². The Labute approximate surface area is 226 Å². The number of allylic oxidation sites excluding steroid dienone is 1. The SMILES string of the molecule is C[C@]12CC=C3C=C4CC[C@@H](N5CCC6(COC6)C5)C[C@]45CCC3(O5)[C@@H]1CC[C@@H]2c1ccc2ccncc2c1. The number of aromatic nitrogens is 1. The molecule has 5 fully saturated rings. The first-order chi connectivity index (χ1) is 18.5. The maximum Gasteiger partial charge on any atom is 0.0974 e. The molecule has 1 aromatic heterocycles. The van der Waals surface area contributed by atoms with Crippen LogP contribution in [0.3, 0.4) is 0 Å². The number of nitrogens with zero attached hydrogens (tertiary/aromatic N) is 2. The number of rotatable bonds is 2. The quantitative estimate of drug-likeness (QED) is 0.460. The van der Waals surface area contributed by atoms with Crippen molar-refractivity contribution < 1.29 is 9.47 Å². The lowest BCUT2D eigenvalue weighted by atomic mass is 9.58. The molecule has 0 radical (unpaired) electrons. The van der Waals surface area contributed by atoms with Crippen LogP contribution in [0.25, 0.3) is 10.8 Å². The number of fused-ring (bicyclic) bond motifs is 2. The minimum absolute atomic E-state index is 0.0168. The van der Waals surface area contributed by atoms with Crippen LogP contribution in [0.2, 0.25) is 0 Å². The van der Waals surface area contributed by atoms with E-state index in [2.05, 4.69) is 53.2 Å². The summed E-state index contributed by atoms with van der Waals surface area (Å²) in [5, 5.41) is 2.56. The van der Waals surface area contributed by atoms with Gasteiger partial charge in [-0.2, -0.15) is 0 Å². The Kier molecular flexibility index (Phi) is 4.55. The lowest BCUT2D eigenvalue weighted by Gasteiger charge is -2.55. The van der Waals surface area contributed by atoms with Crippen molar-refractivity contribution in [3.8, 4) is 0 Å². The Balaban J connectivity index is 1.03. The van der Waals surface area contributed by atoms with Crippen LogP contribution in [0.15, 0.2) is 60.0 Å². The standard InChI is InChI=1S/C34H40N2O2/c1-31-10-8-27-17-26-4-5-28(36-15-13-32(20-36)21-37-22-32)18-33(26)11-12-34(27,38-33)30(31)7-6-29(31)24-3-2-23-9-14-35-19-25(23)16-24/h2-3,8-9,14,16-17,19,28-30H,4-7,10-13,15,18,20-22H2,1H3/t28-,29-,30-,31-,33-,34?/m1/s1. The number of benzene rings is 1. The predicted octanol–water partition coefficient (Wildman–Crippen LogP) is 6.57. The molecule has 5 heterocycles. The molecule has 1 aromatic carbocycles. The van der Waals surface area contributed by atoms with Gasteiger partial charge in [-0.3, -0.25) is 9.88 Å². The average Bonchev–Trinajstić information content (AvgIpc) is 3.61. The third-order valence-electron chi connectivity index (χ3n) is 12.5. The Hall–Kier alpha value is -2.01. The van der Waals surface area contributed by atoms with Gasteiger partial charge in [0.05, 0.1) is 24.4 Å². The molecule has 9 rings (SSSR count). The molecule has 2 bridgehead atoms. The van der Waals surface area contributed by atoms with Gasteiger partial charge in [-0.25, -0.2) is 0 Å². The Morgan fingerprint density at radius 3 is 2.84 bits per heavy atom. The number of likely N-dealkylation sites (tertiary alicyclic amines) is 1. The van der Waals surface area contributed by atoms with E-state index >= 15 is 0 Å².